The van der Waals surface area contributed by atoms with Gasteiger partial charge in [-0.25, -0.2) is 0 Å². The summed E-state index contributed by atoms with van der Waals surface area (Å²) in [6.45, 7) is 0. The molecule has 1 aromatic rings. The number of carbonyl (C=O) groups excluding carboxylic acids is 1. The highest BCUT2D eigenvalue weighted by molar-refractivity contribution is 6.18. The van der Waals surface area contributed by atoms with Gasteiger partial charge in [-0.1, -0.05) is 6.07 Å². The number of phenols is 2. The van der Waals surface area contributed by atoms with Crippen LogP contribution in [0.2, 0.25) is 0 Å². The SMILES string of the molecule is O=C(NC1CCC(CCl)CC1)c1c(O)cccc1O. The summed E-state index contributed by atoms with van der Waals surface area (Å²) in [6.07, 6.45) is 3.78. The van der Waals surface area contributed by atoms with Gasteiger partial charge < -0.3 is 15.5 Å². The average Bonchev–Trinajstić information content (AvgIpc) is 2.39. The van der Waals surface area contributed by atoms with Crippen LogP contribution >= 0.6 is 11.6 Å². The zero-order chi connectivity index (χ0) is 13.8. The number of alkyl halides is 1. The van der Waals surface area contributed by atoms with Gasteiger partial charge in [0, 0.05) is 11.9 Å². The topological polar surface area (TPSA) is 69.6 Å². The molecule has 0 radical (unpaired) electrons. The Kier molecular flexibility index (Phi) is 4.53. The molecule has 1 saturated carbocycles. The third-order valence-electron chi connectivity index (χ3n) is 3.65. The lowest BCUT2D eigenvalue weighted by Gasteiger charge is -2.28. The highest BCUT2D eigenvalue weighted by Gasteiger charge is 2.24. The second kappa shape index (κ2) is 6.15. The molecule has 0 aromatic heterocycles. The van der Waals surface area contributed by atoms with Gasteiger partial charge in [0.15, 0.2) is 0 Å². The van der Waals surface area contributed by atoms with Crippen molar-refractivity contribution >= 4 is 17.5 Å². The van der Waals surface area contributed by atoms with Crippen LogP contribution in [-0.4, -0.2) is 28.0 Å². The standard InChI is InChI=1S/C14H18ClNO3/c15-8-9-4-6-10(7-5-9)16-14(19)13-11(17)2-1-3-12(13)18/h1-3,9-10,17-18H,4-8H2,(H,16,19). The normalized spacial score (nSPS) is 23.0. The van der Waals surface area contributed by atoms with Crippen molar-refractivity contribution in [1.29, 1.82) is 0 Å². The molecule has 4 nitrogen and oxygen atoms in total. The van der Waals surface area contributed by atoms with E-state index in [2.05, 4.69) is 5.32 Å². The molecule has 0 saturated heterocycles. The molecule has 0 bridgehead atoms. The van der Waals surface area contributed by atoms with Gasteiger partial charge in [-0.05, 0) is 43.7 Å². The van der Waals surface area contributed by atoms with Crippen molar-refractivity contribution in [1.82, 2.24) is 5.32 Å². The maximum Gasteiger partial charge on any atom is 0.259 e. The molecule has 5 heteroatoms. The van der Waals surface area contributed by atoms with Crippen LogP contribution in [0.1, 0.15) is 36.0 Å². The number of halogens is 1. The van der Waals surface area contributed by atoms with Gasteiger partial charge in [-0.15, -0.1) is 11.6 Å². The van der Waals surface area contributed by atoms with E-state index in [9.17, 15) is 15.0 Å². The van der Waals surface area contributed by atoms with E-state index in [1.165, 1.54) is 18.2 Å². The van der Waals surface area contributed by atoms with Gasteiger partial charge in [0.1, 0.15) is 17.1 Å². The van der Waals surface area contributed by atoms with Crippen molar-refractivity contribution in [3.63, 3.8) is 0 Å². The van der Waals surface area contributed by atoms with Crippen LogP contribution in [0.3, 0.4) is 0 Å². The minimum Gasteiger partial charge on any atom is -0.507 e. The molecule has 0 atom stereocenters. The third-order valence-corrected chi connectivity index (χ3v) is 4.08. The van der Waals surface area contributed by atoms with Gasteiger partial charge in [-0.3, -0.25) is 4.79 Å². The van der Waals surface area contributed by atoms with Gasteiger partial charge in [-0.2, -0.15) is 0 Å². The van der Waals surface area contributed by atoms with Crippen LogP contribution in [-0.2, 0) is 0 Å². The van der Waals surface area contributed by atoms with Crippen LogP contribution in [0.4, 0.5) is 0 Å². The Labute approximate surface area is 117 Å². The van der Waals surface area contributed by atoms with Crippen LogP contribution in [0.5, 0.6) is 11.5 Å². The van der Waals surface area contributed by atoms with Crippen LogP contribution < -0.4 is 5.32 Å². The third kappa shape index (κ3) is 3.32. The van der Waals surface area contributed by atoms with Gasteiger partial charge in [0.05, 0.1) is 0 Å². The first-order valence-corrected chi connectivity index (χ1v) is 7.03. The summed E-state index contributed by atoms with van der Waals surface area (Å²) in [4.78, 5) is 12.0. The highest BCUT2D eigenvalue weighted by atomic mass is 35.5. The van der Waals surface area contributed by atoms with Crippen molar-refractivity contribution in [2.45, 2.75) is 31.7 Å². The number of nitrogens with one attached hydrogen (secondary N) is 1. The number of benzene rings is 1. The van der Waals surface area contributed by atoms with E-state index in [-0.39, 0.29) is 23.1 Å². The van der Waals surface area contributed by atoms with Crippen molar-refractivity contribution in [2.75, 3.05) is 5.88 Å². The summed E-state index contributed by atoms with van der Waals surface area (Å²) in [5.74, 6) is 0.373. The van der Waals surface area contributed by atoms with E-state index in [0.717, 1.165) is 25.7 Å². The molecule has 19 heavy (non-hydrogen) atoms. The van der Waals surface area contributed by atoms with E-state index in [4.69, 9.17) is 11.6 Å². The lowest BCUT2D eigenvalue weighted by atomic mass is 9.87. The van der Waals surface area contributed by atoms with Crippen molar-refractivity contribution in [3.05, 3.63) is 23.8 Å². The number of carbonyl (C=O) groups is 1. The van der Waals surface area contributed by atoms with Gasteiger partial charge in [0.2, 0.25) is 0 Å². The first-order valence-electron chi connectivity index (χ1n) is 6.49. The average molecular weight is 284 g/mol. The molecule has 1 fully saturated rings. The zero-order valence-electron chi connectivity index (χ0n) is 10.6. The van der Waals surface area contributed by atoms with E-state index in [1.54, 1.807) is 0 Å². The monoisotopic (exact) mass is 283 g/mol. The molecule has 1 aliphatic carbocycles. The predicted molar refractivity (Wildman–Crippen MR) is 73.7 cm³/mol. The molecular formula is C14H18ClNO3. The molecule has 2 rings (SSSR count). The Morgan fingerprint density at radius 3 is 2.32 bits per heavy atom. The maximum atomic E-state index is 12.0. The van der Waals surface area contributed by atoms with Gasteiger partial charge >= 0.3 is 0 Å². The summed E-state index contributed by atoms with van der Waals surface area (Å²) in [7, 11) is 0. The molecule has 1 aromatic carbocycles. The quantitative estimate of drug-likeness (QED) is 0.747. The lowest BCUT2D eigenvalue weighted by molar-refractivity contribution is 0.0917. The predicted octanol–water partition coefficient (Wildman–Crippen LogP) is 2.63. The second-order valence-corrected chi connectivity index (χ2v) is 5.33. The summed E-state index contributed by atoms with van der Waals surface area (Å²) >= 11 is 5.82. The Morgan fingerprint density at radius 2 is 1.79 bits per heavy atom. The number of hydrogen-bond acceptors (Lipinski definition) is 3. The summed E-state index contributed by atoms with van der Waals surface area (Å²) in [5.41, 5.74) is -0.0537. The van der Waals surface area contributed by atoms with Crippen molar-refractivity contribution < 1.29 is 15.0 Å². The molecule has 104 valence electrons. The largest absolute Gasteiger partial charge is 0.507 e. The van der Waals surface area contributed by atoms with E-state index < -0.39 is 5.91 Å². The van der Waals surface area contributed by atoms with Gasteiger partial charge in [0.25, 0.3) is 5.91 Å². The molecule has 0 aliphatic heterocycles. The second-order valence-electron chi connectivity index (χ2n) is 5.02. The fourth-order valence-corrected chi connectivity index (χ4v) is 2.79. The summed E-state index contributed by atoms with van der Waals surface area (Å²) in [5, 5.41) is 22.1. The fourth-order valence-electron chi connectivity index (χ4n) is 2.48. The lowest BCUT2D eigenvalue weighted by Crippen LogP contribution is -2.37. The first-order chi connectivity index (χ1) is 9.11. The molecule has 0 heterocycles. The molecular weight excluding hydrogens is 266 g/mol. The van der Waals surface area contributed by atoms with Crippen LogP contribution in [0, 0.1) is 5.92 Å². The zero-order valence-corrected chi connectivity index (χ0v) is 11.4. The Bertz CT molecular complexity index is 436. The maximum absolute atomic E-state index is 12.0. The van der Waals surface area contributed by atoms with Crippen molar-refractivity contribution in [3.8, 4) is 11.5 Å². The van der Waals surface area contributed by atoms with E-state index >= 15 is 0 Å². The number of aromatic hydroxyl groups is 2. The molecule has 0 spiro atoms. The smallest absolute Gasteiger partial charge is 0.259 e. The highest BCUT2D eigenvalue weighted by Crippen LogP contribution is 2.28. The molecule has 0 unspecified atom stereocenters. The number of amides is 1. The number of phenolic OH excluding ortho intramolecular Hbond substituents is 2. The van der Waals surface area contributed by atoms with E-state index in [0.29, 0.717) is 11.8 Å². The fraction of sp³-hybridized carbons (Fsp3) is 0.500. The Hall–Kier alpha value is -1.42. The summed E-state index contributed by atoms with van der Waals surface area (Å²) in [6, 6.07) is 4.36. The Morgan fingerprint density at radius 1 is 1.21 bits per heavy atom. The number of hydrogen-bond donors (Lipinski definition) is 3. The molecule has 1 aliphatic rings. The van der Waals surface area contributed by atoms with Crippen LogP contribution in [0.25, 0.3) is 0 Å². The number of rotatable bonds is 3. The van der Waals surface area contributed by atoms with Crippen molar-refractivity contribution in [2.24, 2.45) is 5.92 Å². The Balaban J connectivity index is 1.98. The summed E-state index contributed by atoms with van der Waals surface area (Å²) < 4.78 is 0. The first kappa shape index (κ1) is 14.0. The van der Waals surface area contributed by atoms with E-state index in [1.807, 2.05) is 0 Å². The minimum absolute atomic E-state index is 0.0537. The minimum atomic E-state index is -0.426. The molecule has 3 N–H and O–H groups in total. The van der Waals surface area contributed by atoms with Crippen LogP contribution in [0.15, 0.2) is 18.2 Å². The molecule has 1 amide bonds.